The summed E-state index contributed by atoms with van der Waals surface area (Å²) >= 11 is 0. The first-order chi connectivity index (χ1) is 33.7. The van der Waals surface area contributed by atoms with Crippen molar-refractivity contribution in [2.45, 2.75) is 0 Å². The van der Waals surface area contributed by atoms with Gasteiger partial charge >= 0.3 is 0 Å². The quantitative estimate of drug-likeness (QED) is 0.137. The standard InChI is InChI=1S/C63H43N5/c1-6-20-44(21-7-1)49-29-19-33-53(41-49)67(58-35-17-16-34-55(58)45-22-8-2-9-23-45)54-37-39-60-57(43-54)56-42-50(36-38-59(56)68(60)52-31-14-5-15-32-52)48-28-18-30-51(40-48)63-65-61(46-24-10-3-11-25-46)64-62(66-63)47-26-12-4-13-27-47/h1-43H. The smallest absolute Gasteiger partial charge is 0.164 e. The van der Waals surface area contributed by atoms with Gasteiger partial charge in [0.2, 0.25) is 0 Å². The maximum Gasteiger partial charge on any atom is 0.164 e. The van der Waals surface area contributed by atoms with Crippen LogP contribution in [0.4, 0.5) is 17.1 Å². The second kappa shape index (κ2) is 17.7. The molecule has 5 nitrogen and oxygen atoms in total. The summed E-state index contributed by atoms with van der Waals surface area (Å²) in [5, 5.41) is 2.30. The van der Waals surface area contributed by atoms with Crippen molar-refractivity contribution in [3.05, 3.63) is 261 Å². The highest BCUT2D eigenvalue weighted by Crippen LogP contribution is 2.44. The lowest BCUT2D eigenvalue weighted by molar-refractivity contribution is 1.07. The fourth-order valence-electron chi connectivity index (χ4n) is 9.37. The molecule has 0 spiro atoms. The number of anilines is 3. The van der Waals surface area contributed by atoms with E-state index in [1.807, 2.05) is 60.7 Å². The summed E-state index contributed by atoms with van der Waals surface area (Å²) in [5.41, 5.74) is 16.2. The van der Waals surface area contributed by atoms with Crippen molar-refractivity contribution in [1.82, 2.24) is 19.5 Å². The first kappa shape index (κ1) is 40.3. The van der Waals surface area contributed by atoms with Crippen molar-refractivity contribution in [2.24, 2.45) is 0 Å². The Morgan fingerprint density at radius 1 is 0.279 bits per heavy atom. The lowest BCUT2D eigenvalue weighted by Crippen LogP contribution is -2.11. The van der Waals surface area contributed by atoms with E-state index in [-0.39, 0.29) is 0 Å². The van der Waals surface area contributed by atoms with Crippen LogP contribution >= 0.6 is 0 Å². The van der Waals surface area contributed by atoms with Gasteiger partial charge in [-0.2, -0.15) is 0 Å². The van der Waals surface area contributed by atoms with Gasteiger partial charge in [-0.3, -0.25) is 0 Å². The Hall–Kier alpha value is -9.19. The van der Waals surface area contributed by atoms with Gasteiger partial charge in [0.05, 0.1) is 16.7 Å². The number of fused-ring (bicyclic) bond motifs is 3. The van der Waals surface area contributed by atoms with E-state index in [1.165, 1.54) is 5.56 Å². The molecule has 0 atom stereocenters. The van der Waals surface area contributed by atoms with Gasteiger partial charge in [-0.15, -0.1) is 0 Å². The zero-order valence-corrected chi connectivity index (χ0v) is 37.1. The average Bonchev–Trinajstić information content (AvgIpc) is 3.75. The Bertz CT molecular complexity index is 3660. The molecule has 12 aromatic rings. The maximum atomic E-state index is 5.06. The second-order valence-corrected chi connectivity index (χ2v) is 16.9. The molecule has 0 saturated heterocycles. The van der Waals surface area contributed by atoms with Gasteiger partial charge in [-0.25, -0.2) is 15.0 Å². The van der Waals surface area contributed by atoms with Crippen molar-refractivity contribution in [1.29, 1.82) is 0 Å². The Balaban J connectivity index is 1.04. The van der Waals surface area contributed by atoms with Crippen molar-refractivity contribution in [3.8, 4) is 73.2 Å². The van der Waals surface area contributed by atoms with E-state index in [2.05, 4.69) is 210 Å². The highest BCUT2D eigenvalue weighted by atomic mass is 15.1. The van der Waals surface area contributed by atoms with Crippen molar-refractivity contribution in [2.75, 3.05) is 4.90 Å². The molecule has 0 amide bonds. The molecule has 12 rings (SSSR count). The fraction of sp³-hybridized carbons (Fsp3) is 0. The monoisotopic (exact) mass is 869 g/mol. The number of hydrogen-bond acceptors (Lipinski definition) is 4. The molecular weight excluding hydrogens is 827 g/mol. The zero-order valence-electron chi connectivity index (χ0n) is 37.1. The number of hydrogen-bond donors (Lipinski definition) is 0. The van der Waals surface area contributed by atoms with E-state index in [0.29, 0.717) is 17.5 Å². The minimum atomic E-state index is 0.623. The predicted molar refractivity (Wildman–Crippen MR) is 281 cm³/mol. The Kier molecular flexibility index (Phi) is 10.5. The van der Waals surface area contributed by atoms with E-state index in [9.17, 15) is 0 Å². The highest BCUT2D eigenvalue weighted by Gasteiger charge is 2.21. The number of para-hydroxylation sites is 2. The van der Waals surface area contributed by atoms with Gasteiger partial charge in [-0.05, 0) is 94.5 Å². The largest absolute Gasteiger partial charge is 0.310 e. The molecule has 5 heteroatoms. The number of benzene rings is 10. The van der Waals surface area contributed by atoms with Gasteiger partial charge in [0, 0.05) is 50.1 Å². The molecule has 0 radical (unpaired) electrons. The van der Waals surface area contributed by atoms with E-state index in [1.54, 1.807) is 0 Å². The SMILES string of the molecule is c1ccc(-c2cccc(N(c3ccc4c(c3)c3cc(-c5cccc(-c6nc(-c7ccccc7)nc(-c7ccccc7)n6)c5)ccc3n4-c3ccccc3)c3ccccc3-c3ccccc3)c2)cc1. The lowest BCUT2D eigenvalue weighted by Gasteiger charge is -2.28. The Morgan fingerprint density at radius 3 is 1.37 bits per heavy atom. The summed E-state index contributed by atoms with van der Waals surface area (Å²) in [7, 11) is 0. The number of nitrogens with zero attached hydrogens (tertiary/aromatic N) is 5. The van der Waals surface area contributed by atoms with E-state index >= 15 is 0 Å². The van der Waals surface area contributed by atoms with Gasteiger partial charge < -0.3 is 9.47 Å². The molecule has 0 fully saturated rings. The molecule has 0 aliphatic rings. The topological polar surface area (TPSA) is 46.8 Å². The molecule has 0 aliphatic carbocycles. The lowest BCUT2D eigenvalue weighted by atomic mass is 9.99. The van der Waals surface area contributed by atoms with Gasteiger partial charge in [-0.1, -0.05) is 194 Å². The minimum Gasteiger partial charge on any atom is -0.310 e. The summed E-state index contributed by atoms with van der Waals surface area (Å²) in [6.07, 6.45) is 0. The fourth-order valence-corrected chi connectivity index (χ4v) is 9.37. The van der Waals surface area contributed by atoms with Gasteiger partial charge in [0.15, 0.2) is 17.5 Å². The van der Waals surface area contributed by atoms with Crippen LogP contribution in [-0.4, -0.2) is 19.5 Å². The summed E-state index contributed by atoms with van der Waals surface area (Å²) in [6, 6.07) is 92.1. The van der Waals surface area contributed by atoms with Crippen LogP contribution in [0.2, 0.25) is 0 Å². The van der Waals surface area contributed by atoms with Crippen molar-refractivity contribution >= 4 is 38.9 Å². The zero-order chi connectivity index (χ0) is 45.2. The first-order valence-electron chi connectivity index (χ1n) is 22.9. The third kappa shape index (κ3) is 7.68. The van der Waals surface area contributed by atoms with Crippen LogP contribution in [0.1, 0.15) is 0 Å². The summed E-state index contributed by atoms with van der Waals surface area (Å²) in [4.78, 5) is 17.5. The van der Waals surface area contributed by atoms with Crippen LogP contribution in [0.15, 0.2) is 261 Å². The van der Waals surface area contributed by atoms with E-state index < -0.39 is 0 Å². The molecule has 0 bridgehead atoms. The molecule has 2 aromatic heterocycles. The summed E-state index contributed by atoms with van der Waals surface area (Å²) < 4.78 is 2.38. The predicted octanol–water partition coefficient (Wildman–Crippen LogP) is 16.4. The minimum absolute atomic E-state index is 0.623. The average molecular weight is 870 g/mol. The molecule has 10 aromatic carbocycles. The van der Waals surface area contributed by atoms with E-state index in [4.69, 9.17) is 15.0 Å². The van der Waals surface area contributed by atoms with Crippen LogP contribution < -0.4 is 4.90 Å². The molecule has 0 unspecified atom stereocenters. The second-order valence-electron chi connectivity index (χ2n) is 16.9. The Morgan fingerprint density at radius 2 is 0.721 bits per heavy atom. The number of rotatable bonds is 10. The van der Waals surface area contributed by atoms with Gasteiger partial charge in [0.1, 0.15) is 0 Å². The maximum absolute atomic E-state index is 5.06. The third-order valence-electron chi connectivity index (χ3n) is 12.6. The third-order valence-corrected chi connectivity index (χ3v) is 12.6. The van der Waals surface area contributed by atoms with Crippen molar-refractivity contribution < 1.29 is 0 Å². The molecule has 320 valence electrons. The molecular formula is C63H43N5. The molecule has 0 aliphatic heterocycles. The van der Waals surface area contributed by atoms with Crippen molar-refractivity contribution in [3.63, 3.8) is 0 Å². The molecule has 0 saturated carbocycles. The highest BCUT2D eigenvalue weighted by molar-refractivity contribution is 6.12. The van der Waals surface area contributed by atoms with Crippen LogP contribution in [0.3, 0.4) is 0 Å². The summed E-state index contributed by atoms with van der Waals surface area (Å²) in [5.74, 6) is 1.90. The normalized spacial score (nSPS) is 11.2. The van der Waals surface area contributed by atoms with Crippen LogP contribution in [-0.2, 0) is 0 Å². The van der Waals surface area contributed by atoms with Crippen LogP contribution in [0.25, 0.3) is 95.0 Å². The molecule has 2 heterocycles. The molecule has 68 heavy (non-hydrogen) atoms. The van der Waals surface area contributed by atoms with E-state index in [0.717, 1.165) is 89.1 Å². The summed E-state index contributed by atoms with van der Waals surface area (Å²) in [6.45, 7) is 0. The molecule has 0 N–H and O–H groups in total. The van der Waals surface area contributed by atoms with Crippen LogP contribution in [0, 0.1) is 0 Å². The Labute approximate surface area is 395 Å². The van der Waals surface area contributed by atoms with Crippen LogP contribution in [0.5, 0.6) is 0 Å². The van der Waals surface area contributed by atoms with Gasteiger partial charge in [0.25, 0.3) is 0 Å². The first-order valence-corrected chi connectivity index (χ1v) is 22.9. The number of aromatic nitrogens is 4.